The van der Waals surface area contributed by atoms with E-state index in [9.17, 15) is 5.26 Å². The third-order valence-corrected chi connectivity index (χ3v) is 3.96. The molecule has 1 aliphatic heterocycles. The molecule has 2 aromatic carbocycles. The minimum absolute atomic E-state index is 0.271. The number of rotatable bonds is 4. The van der Waals surface area contributed by atoms with Gasteiger partial charge in [-0.25, -0.2) is 0 Å². The molecule has 0 radical (unpaired) electrons. The molecule has 1 aliphatic rings. The standard InChI is InChI=1S/C19H19NO3/c1-13-3-5-17(21-2)16(9-13)15(12-20)10-14-4-6-18-19(11-14)23-8-7-22-18/h3-6,9,11,15H,7-8,10H2,1-2H3. The summed E-state index contributed by atoms with van der Waals surface area (Å²) in [6.45, 7) is 3.15. The van der Waals surface area contributed by atoms with Crippen LogP contribution in [-0.2, 0) is 6.42 Å². The zero-order valence-corrected chi connectivity index (χ0v) is 13.3. The second-order valence-corrected chi connectivity index (χ2v) is 5.61. The third kappa shape index (κ3) is 3.24. The van der Waals surface area contributed by atoms with Crippen LogP contribution < -0.4 is 14.2 Å². The van der Waals surface area contributed by atoms with Gasteiger partial charge in [0, 0.05) is 5.56 Å². The highest BCUT2D eigenvalue weighted by atomic mass is 16.6. The van der Waals surface area contributed by atoms with Gasteiger partial charge in [-0.2, -0.15) is 5.26 Å². The first kappa shape index (κ1) is 15.2. The van der Waals surface area contributed by atoms with E-state index in [0.29, 0.717) is 19.6 Å². The highest BCUT2D eigenvalue weighted by Crippen LogP contribution is 2.34. The minimum atomic E-state index is -0.271. The van der Waals surface area contributed by atoms with Crippen molar-refractivity contribution in [1.29, 1.82) is 5.26 Å². The van der Waals surface area contributed by atoms with Crippen LogP contribution in [0.4, 0.5) is 0 Å². The van der Waals surface area contributed by atoms with Gasteiger partial charge in [0.1, 0.15) is 19.0 Å². The first-order valence-electron chi connectivity index (χ1n) is 7.64. The molecule has 2 aromatic rings. The van der Waals surface area contributed by atoms with Crippen LogP contribution in [0.2, 0.25) is 0 Å². The minimum Gasteiger partial charge on any atom is -0.496 e. The normalized spacial score (nSPS) is 14.0. The Morgan fingerprint density at radius 1 is 1.13 bits per heavy atom. The van der Waals surface area contributed by atoms with Crippen LogP contribution in [-0.4, -0.2) is 20.3 Å². The maximum atomic E-state index is 9.63. The van der Waals surface area contributed by atoms with Gasteiger partial charge in [-0.05, 0) is 37.1 Å². The summed E-state index contributed by atoms with van der Waals surface area (Å²) in [5.74, 6) is 2.00. The van der Waals surface area contributed by atoms with E-state index in [-0.39, 0.29) is 5.92 Å². The monoisotopic (exact) mass is 309 g/mol. The van der Waals surface area contributed by atoms with Gasteiger partial charge >= 0.3 is 0 Å². The SMILES string of the molecule is COc1ccc(C)cc1C(C#N)Cc1ccc2c(c1)OCCO2. The van der Waals surface area contributed by atoms with E-state index >= 15 is 0 Å². The van der Waals surface area contributed by atoms with Crippen molar-refractivity contribution in [3.05, 3.63) is 53.1 Å². The van der Waals surface area contributed by atoms with Crippen LogP contribution >= 0.6 is 0 Å². The second-order valence-electron chi connectivity index (χ2n) is 5.61. The van der Waals surface area contributed by atoms with Crippen molar-refractivity contribution in [3.63, 3.8) is 0 Å². The number of ether oxygens (including phenoxy) is 3. The van der Waals surface area contributed by atoms with E-state index in [2.05, 4.69) is 6.07 Å². The molecule has 1 unspecified atom stereocenters. The van der Waals surface area contributed by atoms with Crippen LogP contribution in [0.1, 0.15) is 22.6 Å². The van der Waals surface area contributed by atoms with Crippen LogP contribution in [0.3, 0.4) is 0 Å². The third-order valence-electron chi connectivity index (χ3n) is 3.96. The van der Waals surface area contributed by atoms with E-state index in [1.165, 1.54) is 0 Å². The molecule has 0 N–H and O–H groups in total. The number of nitrogens with zero attached hydrogens (tertiary/aromatic N) is 1. The Kier molecular flexibility index (Phi) is 4.38. The topological polar surface area (TPSA) is 51.5 Å². The van der Waals surface area contributed by atoms with Gasteiger partial charge in [0.25, 0.3) is 0 Å². The molecule has 1 atom stereocenters. The van der Waals surface area contributed by atoms with Gasteiger partial charge in [0.15, 0.2) is 11.5 Å². The van der Waals surface area contributed by atoms with Gasteiger partial charge in [0.2, 0.25) is 0 Å². The lowest BCUT2D eigenvalue weighted by Crippen LogP contribution is -2.15. The number of methoxy groups -OCH3 is 1. The molecule has 0 bridgehead atoms. The predicted octanol–water partition coefficient (Wildman–Crippen LogP) is 3.62. The number of nitriles is 1. The van der Waals surface area contributed by atoms with Crippen molar-refractivity contribution in [3.8, 4) is 23.3 Å². The molecular formula is C19H19NO3. The van der Waals surface area contributed by atoms with Crippen molar-refractivity contribution in [2.24, 2.45) is 0 Å². The number of hydrogen-bond acceptors (Lipinski definition) is 4. The summed E-state index contributed by atoms with van der Waals surface area (Å²) in [4.78, 5) is 0. The molecule has 0 fully saturated rings. The highest BCUT2D eigenvalue weighted by Gasteiger charge is 2.19. The van der Waals surface area contributed by atoms with Crippen LogP contribution in [0.5, 0.6) is 17.2 Å². The smallest absolute Gasteiger partial charge is 0.161 e. The zero-order valence-electron chi connectivity index (χ0n) is 13.3. The number of hydrogen-bond donors (Lipinski definition) is 0. The Bertz CT molecular complexity index is 749. The molecule has 4 nitrogen and oxygen atoms in total. The summed E-state index contributed by atoms with van der Waals surface area (Å²) in [7, 11) is 1.63. The average molecular weight is 309 g/mol. The van der Waals surface area contributed by atoms with Gasteiger partial charge < -0.3 is 14.2 Å². The summed E-state index contributed by atoms with van der Waals surface area (Å²) in [5, 5.41) is 9.63. The zero-order chi connectivity index (χ0) is 16.2. The maximum absolute atomic E-state index is 9.63. The van der Waals surface area contributed by atoms with Gasteiger partial charge in [-0.15, -0.1) is 0 Å². The summed E-state index contributed by atoms with van der Waals surface area (Å²) >= 11 is 0. The molecule has 0 aliphatic carbocycles. The summed E-state index contributed by atoms with van der Waals surface area (Å²) in [5.41, 5.74) is 3.08. The Hall–Kier alpha value is -2.67. The number of fused-ring (bicyclic) bond motifs is 1. The van der Waals surface area contributed by atoms with E-state index in [1.807, 2.05) is 43.3 Å². The lowest BCUT2D eigenvalue weighted by atomic mass is 9.91. The van der Waals surface area contributed by atoms with Crippen molar-refractivity contribution in [2.45, 2.75) is 19.3 Å². The molecule has 0 saturated carbocycles. The lowest BCUT2D eigenvalue weighted by Gasteiger charge is -2.20. The Balaban J connectivity index is 1.88. The molecular weight excluding hydrogens is 290 g/mol. The van der Waals surface area contributed by atoms with Crippen LogP contribution in [0, 0.1) is 18.3 Å². The first-order valence-corrected chi connectivity index (χ1v) is 7.64. The summed E-state index contributed by atoms with van der Waals surface area (Å²) < 4.78 is 16.6. The quantitative estimate of drug-likeness (QED) is 0.865. The second kappa shape index (κ2) is 6.62. The van der Waals surface area contributed by atoms with E-state index in [4.69, 9.17) is 14.2 Å². The Labute approximate surface area is 136 Å². The Morgan fingerprint density at radius 3 is 2.65 bits per heavy atom. The first-order chi connectivity index (χ1) is 11.2. The number of aryl methyl sites for hydroxylation is 1. The fourth-order valence-electron chi connectivity index (χ4n) is 2.80. The van der Waals surface area contributed by atoms with Gasteiger partial charge in [-0.1, -0.05) is 23.8 Å². The highest BCUT2D eigenvalue weighted by molar-refractivity contribution is 5.46. The molecule has 4 heteroatoms. The molecule has 1 heterocycles. The molecule has 0 aromatic heterocycles. The Morgan fingerprint density at radius 2 is 1.91 bits per heavy atom. The van der Waals surface area contributed by atoms with Crippen molar-refractivity contribution >= 4 is 0 Å². The van der Waals surface area contributed by atoms with E-state index in [0.717, 1.165) is 33.9 Å². The molecule has 0 saturated heterocycles. The molecule has 23 heavy (non-hydrogen) atoms. The largest absolute Gasteiger partial charge is 0.496 e. The van der Waals surface area contributed by atoms with E-state index < -0.39 is 0 Å². The van der Waals surface area contributed by atoms with Crippen molar-refractivity contribution in [2.75, 3.05) is 20.3 Å². The summed E-state index contributed by atoms with van der Waals surface area (Å²) in [6.07, 6.45) is 0.604. The van der Waals surface area contributed by atoms with Crippen molar-refractivity contribution in [1.82, 2.24) is 0 Å². The molecule has 118 valence electrons. The average Bonchev–Trinajstić information content (AvgIpc) is 2.59. The lowest BCUT2D eigenvalue weighted by molar-refractivity contribution is 0.171. The van der Waals surface area contributed by atoms with Crippen LogP contribution in [0.25, 0.3) is 0 Å². The van der Waals surface area contributed by atoms with E-state index in [1.54, 1.807) is 7.11 Å². The fraction of sp³-hybridized carbons (Fsp3) is 0.316. The fourth-order valence-corrected chi connectivity index (χ4v) is 2.80. The molecule has 3 rings (SSSR count). The van der Waals surface area contributed by atoms with Crippen molar-refractivity contribution < 1.29 is 14.2 Å². The molecule has 0 spiro atoms. The summed E-state index contributed by atoms with van der Waals surface area (Å²) in [6, 6.07) is 14.2. The predicted molar refractivity (Wildman–Crippen MR) is 87.2 cm³/mol. The number of benzene rings is 2. The van der Waals surface area contributed by atoms with Gasteiger partial charge in [-0.3, -0.25) is 0 Å². The molecule has 0 amide bonds. The van der Waals surface area contributed by atoms with Crippen LogP contribution in [0.15, 0.2) is 36.4 Å². The van der Waals surface area contributed by atoms with Gasteiger partial charge in [0.05, 0.1) is 19.1 Å². The maximum Gasteiger partial charge on any atom is 0.161 e.